The minimum atomic E-state index is -0.173. The molecular formula is C20H20N2O4. The first-order chi connectivity index (χ1) is 12.6. The molecule has 1 amide bonds. The average Bonchev–Trinajstić information content (AvgIpc) is 2.95. The van der Waals surface area contributed by atoms with Crippen LogP contribution in [0.25, 0.3) is 6.08 Å². The van der Waals surface area contributed by atoms with Crippen molar-refractivity contribution >= 4 is 23.4 Å². The molecule has 0 bridgehead atoms. The second-order valence-corrected chi connectivity index (χ2v) is 5.68. The Morgan fingerprint density at radius 3 is 2.62 bits per heavy atom. The van der Waals surface area contributed by atoms with Crippen molar-refractivity contribution in [2.45, 2.75) is 6.92 Å². The Kier molecular flexibility index (Phi) is 5.34. The summed E-state index contributed by atoms with van der Waals surface area (Å²) in [6, 6.07) is 14.7. The maximum Gasteiger partial charge on any atom is 0.280 e. The lowest BCUT2D eigenvalue weighted by atomic mass is 10.1. The molecule has 1 heterocycles. The van der Waals surface area contributed by atoms with Gasteiger partial charge in [-0.2, -0.15) is 10.1 Å². The van der Waals surface area contributed by atoms with Crippen molar-refractivity contribution in [1.82, 2.24) is 0 Å². The molecule has 1 N–H and O–H groups in total. The first-order valence-corrected chi connectivity index (χ1v) is 8.22. The van der Waals surface area contributed by atoms with Gasteiger partial charge in [-0.15, -0.1) is 0 Å². The van der Waals surface area contributed by atoms with E-state index >= 15 is 0 Å². The van der Waals surface area contributed by atoms with Crippen LogP contribution in [-0.2, 0) is 4.79 Å². The van der Waals surface area contributed by atoms with Gasteiger partial charge in [-0.05, 0) is 42.8 Å². The van der Waals surface area contributed by atoms with Crippen LogP contribution in [-0.4, -0.2) is 37.0 Å². The van der Waals surface area contributed by atoms with E-state index in [9.17, 15) is 4.79 Å². The minimum absolute atomic E-state index is 0.0750. The number of carbonyl (C=O) groups is 1. The van der Waals surface area contributed by atoms with Gasteiger partial charge < -0.3 is 14.6 Å². The van der Waals surface area contributed by atoms with Crippen LogP contribution in [0.4, 0.5) is 5.69 Å². The lowest BCUT2D eigenvalue weighted by molar-refractivity contribution is -0.114. The van der Waals surface area contributed by atoms with Crippen molar-refractivity contribution in [1.29, 1.82) is 0 Å². The van der Waals surface area contributed by atoms with E-state index in [2.05, 4.69) is 5.10 Å². The molecule has 0 radical (unpaired) electrons. The molecule has 2 aromatic rings. The maximum absolute atomic E-state index is 12.7. The van der Waals surface area contributed by atoms with Crippen molar-refractivity contribution in [3.8, 4) is 11.5 Å². The maximum atomic E-state index is 12.7. The SMILES string of the molecule is COc1cc(/C=C2/C(=O)N(c3ccccc3)N=C2C)ccc1OCCO. The Morgan fingerprint density at radius 2 is 1.92 bits per heavy atom. The Labute approximate surface area is 152 Å². The molecular weight excluding hydrogens is 332 g/mol. The van der Waals surface area contributed by atoms with Crippen molar-refractivity contribution in [3.63, 3.8) is 0 Å². The lowest BCUT2D eigenvalue weighted by Gasteiger charge is -2.12. The summed E-state index contributed by atoms with van der Waals surface area (Å²) in [5, 5.41) is 14.6. The number of nitrogens with zero attached hydrogens (tertiary/aromatic N) is 2. The van der Waals surface area contributed by atoms with Gasteiger partial charge in [0.25, 0.3) is 5.91 Å². The molecule has 26 heavy (non-hydrogen) atoms. The predicted molar refractivity (Wildman–Crippen MR) is 101 cm³/mol. The van der Waals surface area contributed by atoms with Crippen LogP contribution in [0.2, 0.25) is 0 Å². The number of methoxy groups -OCH3 is 1. The number of anilines is 1. The van der Waals surface area contributed by atoms with E-state index in [1.807, 2.05) is 43.3 Å². The summed E-state index contributed by atoms with van der Waals surface area (Å²) < 4.78 is 10.8. The highest BCUT2D eigenvalue weighted by molar-refractivity contribution is 6.32. The zero-order valence-electron chi connectivity index (χ0n) is 14.7. The van der Waals surface area contributed by atoms with Crippen molar-refractivity contribution < 1.29 is 19.4 Å². The van der Waals surface area contributed by atoms with Crippen LogP contribution in [0, 0.1) is 0 Å². The van der Waals surface area contributed by atoms with Crippen LogP contribution in [0.15, 0.2) is 59.2 Å². The number of aliphatic hydroxyl groups is 1. The number of hydrogen-bond acceptors (Lipinski definition) is 5. The van der Waals surface area contributed by atoms with E-state index in [0.29, 0.717) is 22.8 Å². The normalized spacial score (nSPS) is 15.3. The quantitative estimate of drug-likeness (QED) is 0.812. The fourth-order valence-electron chi connectivity index (χ4n) is 2.64. The third kappa shape index (κ3) is 3.60. The molecule has 0 spiro atoms. The third-order valence-corrected chi connectivity index (χ3v) is 3.91. The van der Waals surface area contributed by atoms with Gasteiger partial charge in [-0.3, -0.25) is 4.79 Å². The van der Waals surface area contributed by atoms with Gasteiger partial charge in [-0.1, -0.05) is 24.3 Å². The van der Waals surface area contributed by atoms with Crippen LogP contribution in [0.3, 0.4) is 0 Å². The average molecular weight is 352 g/mol. The summed E-state index contributed by atoms with van der Waals surface area (Å²) in [6.45, 7) is 1.92. The predicted octanol–water partition coefficient (Wildman–Crippen LogP) is 2.87. The largest absolute Gasteiger partial charge is 0.493 e. The van der Waals surface area contributed by atoms with Gasteiger partial charge in [0, 0.05) is 0 Å². The van der Waals surface area contributed by atoms with Crippen molar-refractivity contribution in [3.05, 3.63) is 59.7 Å². The highest BCUT2D eigenvalue weighted by atomic mass is 16.5. The molecule has 1 aliphatic rings. The molecule has 0 fully saturated rings. The van der Waals surface area contributed by atoms with Crippen molar-refractivity contribution in [2.75, 3.05) is 25.3 Å². The van der Waals surface area contributed by atoms with Gasteiger partial charge in [-0.25, -0.2) is 0 Å². The number of para-hydroxylation sites is 1. The number of aliphatic hydroxyl groups excluding tert-OH is 1. The highest BCUT2D eigenvalue weighted by Crippen LogP contribution is 2.30. The second-order valence-electron chi connectivity index (χ2n) is 5.68. The first kappa shape index (κ1) is 17.7. The summed E-state index contributed by atoms with van der Waals surface area (Å²) >= 11 is 0. The summed E-state index contributed by atoms with van der Waals surface area (Å²) in [7, 11) is 1.54. The topological polar surface area (TPSA) is 71.4 Å². The number of hydrogen-bond donors (Lipinski definition) is 1. The van der Waals surface area contributed by atoms with Crippen LogP contribution in [0.5, 0.6) is 11.5 Å². The Bertz CT molecular complexity index is 859. The number of hydrazone groups is 1. The van der Waals surface area contributed by atoms with Gasteiger partial charge in [0.05, 0.1) is 30.7 Å². The van der Waals surface area contributed by atoms with Gasteiger partial charge in [0.15, 0.2) is 11.5 Å². The van der Waals surface area contributed by atoms with Crippen molar-refractivity contribution in [2.24, 2.45) is 5.10 Å². The zero-order valence-corrected chi connectivity index (χ0v) is 14.7. The molecule has 134 valence electrons. The molecule has 0 aromatic heterocycles. The fraction of sp³-hybridized carbons (Fsp3) is 0.200. The van der Waals surface area contributed by atoms with E-state index in [1.54, 1.807) is 25.3 Å². The van der Waals surface area contributed by atoms with E-state index in [1.165, 1.54) is 5.01 Å². The minimum Gasteiger partial charge on any atom is -0.493 e. The number of carbonyl (C=O) groups excluding carboxylic acids is 1. The molecule has 3 rings (SSSR count). The van der Waals surface area contributed by atoms with E-state index in [-0.39, 0.29) is 19.1 Å². The van der Waals surface area contributed by atoms with Crippen LogP contribution in [0.1, 0.15) is 12.5 Å². The zero-order chi connectivity index (χ0) is 18.5. The third-order valence-electron chi connectivity index (χ3n) is 3.91. The molecule has 0 aliphatic carbocycles. The summed E-state index contributed by atoms with van der Waals surface area (Å²) in [5.74, 6) is 0.902. The van der Waals surface area contributed by atoms with Crippen LogP contribution >= 0.6 is 0 Å². The fourth-order valence-corrected chi connectivity index (χ4v) is 2.64. The molecule has 2 aromatic carbocycles. The summed E-state index contributed by atoms with van der Waals surface area (Å²) in [5.41, 5.74) is 2.70. The molecule has 6 nitrogen and oxygen atoms in total. The Hall–Kier alpha value is -3.12. The highest BCUT2D eigenvalue weighted by Gasteiger charge is 2.28. The number of ether oxygens (including phenoxy) is 2. The Balaban J connectivity index is 1.88. The Morgan fingerprint density at radius 1 is 1.15 bits per heavy atom. The van der Waals surface area contributed by atoms with Crippen LogP contribution < -0.4 is 14.5 Å². The monoisotopic (exact) mass is 352 g/mol. The van der Waals surface area contributed by atoms with Gasteiger partial charge >= 0.3 is 0 Å². The number of benzene rings is 2. The second kappa shape index (κ2) is 7.84. The van der Waals surface area contributed by atoms with Gasteiger partial charge in [0.1, 0.15) is 6.61 Å². The smallest absolute Gasteiger partial charge is 0.280 e. The lowest BCUT2D eigenvalue weighted by Crippen LogP contribution is -2.21. The molecule has 0 saturated carbocycles. The summed E-state index contributed by atoms with van der Waals surface area (Å²) in [6.07, 6.45) is 1.78. The molecule has 0 saturated heterocycles. The van der Waals surface area contributed by atoms with E-state index in [0.717, 1.165) is 11.3 Å². The number of amides is 1. The molecule has 6 heteroatoms. The number of rotatable bonds is 6. The van der Waals surface area contributed by atoms with Gasteiger partial charge in [0.2, 0.25) is 0 Å². The first-order valence-electron chi connectivity index (χ1n) is 8.22. The molecule has 0 atom stereocenters. The molecule has 1 aliphatic heterocycles. The summed E-state index contributed by atoms with van der Waals surface area (Å²) in [4.78, 5) is 12.7. The molecule has 0 unspecified atom stereocenters. The van der Waals surface area contributed by atoms with E-state index in [4.69, 9.17) is 14.6 Å². The standard InChI is InChI=1S/C20H20N2O4/c1-14-17(20(24)22(21-14)16-6-4-3-5-7-16)12-15-8-9-18(26-11-10-23)19(13-15)25-2/h3-9,12-13,23H,10-11H2,1-2H3/b17-12+. The van der Waals surface area contributed by atoms with E-state index < -0.39 is 0 Å².